The van der Waals surface area contributed by atoms with Crippen LogP contribution in [0.15, 0.2) is 162 Å². The van der Waals surface area contributed by atoms with E-state index < -0.39 is 6.85 Å². The van der Waals surface area contributed by atoms with E-state index in [-0.39, 0.29) is 25.7 Å². The Morgan fingerprint density at radius 3 is 2.15 bits per heavy atom. The average molecular weight is 853 g/mol. The third-order valence-corrected chi connectivity index (χ3v) is 9.05. The van der Waals surface area contributed by atoms with Crippen LogP contribution in [0.2, 0.25) is 0 Å². The molecule has 9 rings (SSSR count). The van der Waals surface area contributed by atoms with Crippen LogP contribution in [0, 0.1) is 33.0 Å². The number of aryl methyl sites for hydroxylation is 3. The largest absolute Gasteiger partial charge is 0.557 e. The van der Waals surface area contributed by atoms with Gasteiger partial charge in [0.2, 0.25) is 0 Å². The Kier molecular flexibility index (Phi) is 9.01. The quantitative estimate of drug-likeness (QED) is 0.162. The maximum Gasteiger partial charge on any atom is 0.0774 e. The summed E-state index contributed by atoms with van der Waals surface area (Å²) in [7, 11) is 0. The van der Waals surface area contributed by atoms with Crippen molar-refractivity contribution >= 4 is 22.0 Å². The molecule has 0 aliphatic heterocycles. The zero-order valence-corrected chi connectivity index (χ0v) is 31.0. The minimum absolute atomic E-state index is 0. The molecule has 52 heavy (non-hydrogen) atoms. The van der Waals surface area contributed by atoms with Gasteiger partial charge in [0.05, 0.1) is 16.9 Å². The number of aromatic nitrogens is 3. The van der Waals surface area contributed by atoms with E-state index >= 15 is 0 Å². The molecule has 1 radical (unpaired) electrons. The minimum atomic E-state index is -2.09. The van der Waals surface area contributed by atoms with E-state index in [1.807, 2.05) is 36.4 Å². The monoisotopic (exact) mass is 853 g/mol. The van der Waals surface area contributed by atoms with Gasteiger partial charge in [-0.25, -0.2) is 0 Å². The summed E-state index contributed by atoms with van der Waals surface area (Å²) in [5.41, 5.74) is 13.8. The number of furan rings is 1. The first-order chi connectivity index (χ1) is 26.2. The standard InChI is InChI=1S/C35H25N2O.C12H10N.Ir/c1-23-9-8-10-24(2)34(23)27-17-20-33-29(21-27)30(22-38-33)35-36-31-13-6-7-14-32(31)37(35)28-18-15-26(16-19-28)25-11-4-3-5-12-25;1-10-7-8-12(13-9-10)11-5-3-2-4-6-11;/h3-21H,1-2H3;2-5,7-9H,1H3;/q2*-1;/i;1D3;. The fraction of sp³-hybridized carbons (Fsp3) is 0.0638. The van der Waals surface area contributed by atoms with Gasteiger partial charge in [-0.15, -0.1) is 35.9 Å². The van der Waals surface area contributed by atoms with Gasteiger partial charge in [0.1, 0.15) is 0 Å². The number of nitrogens with zero attached hydrogens (tertiary/aromatic N) is 3. The summed E-state index contributed by atoms with van der Waals surface area (Å²) >= 11 is 0. The Balaban J connectivity index is 0.000000231. The van der Waals surface area contributed by atoms with Gasteiger partial charge in [0, 0.05) is 47.9 Å². The van der Waals surface area contributed by atoms with E-state index in [1.165, 1.54) is 39.6 Å². The van der Waals surface area contributed by atoms with Crippen molar-refractivity contribution in [1.82, 2.24) is 14.5 Å². The van der Waals surface area contributed by atoms with Gasteiger partial charge in [0.25, 0.3) is 0 Å². The summed E-state index contributed by atoms with van der Waals surface area (Å²) in [6.07, 6.45) is 4.58. The predicted octanol–water partition coefficient (Wildman–Crippen LogP) is 12.0. The molecule has 6 aromatic carbocycles. The number of hydrogen-bond donors (Lipinski definition) is 0. The molecule has 255 valence electrons. The van der Waals surface area contributed by atoms with Crippen LogP contribution in [0.1, 0.15) is 20.8 Å². The third-order valence-electron chi connectivity index (χ3n) is 9.05. The molecule has 0 bridgehead atoms. The zero-order valence-electron chi connectivity index (χ0n) is 31.6. The van der Waals surface area contributed by atoms with Crippen molar-refractivity contribution in [3.05, 3.63) is 187 Å². The fourth-order valence-corrected chi connectivity index (χ4v) is 6.56. The third kappa shape index (κ3) is 6.89. The van der Waals surface area contributed by atoms with Gasteiger partial charge in [-0.05, 0) is 89.6 Å². The predicted molar refractivity (Wildman–Crippen MR) is 209 cm³/mol. The minimum Gasteiger partial charge on any atom is -0.557 e. The molecule has 0 aliphatic carbocycles. The van der Waals surface area contributed by atoms with Gasteiger partial charge in [0.15, 0.2) is 0 Å². The van der Waals surface area contributed by atoms with Gasteiger partial charge >= 0.3 is 0 Å². The average Bonchev–Trinajstić information content (AvgIpc) is 3.80. The summed E-state index contributed by atoms with van der Waals surface area (Å²) in [5, 5.41) is 1.00. The number of fused-ring (bicyclic) bond motifs is 2. The summed E-state index contributed by atoms with van der Waals surface area (Å²) in [6, 6.07) is 53.9. The molecule has 3 aromatic heterocycles. The van der Waals surface area contributed by atoms with E-state index in [9.17, 15) is 0 Å². The van der Waals surface area contributed by atoms with Crippen LogP contribution in [0.4, 0.5) is 0 Å². The maximum absolute atomic E-state index is 7.23. The van der Waals surface area contributed by atoms with E-state index in [2.05, 4.69) is 133 Å². The van der Waals surface area contributed by atoms with Crippen LogP contribution in [0.25, 0.3) is 72.6 Å². The first-order valence-corrected chi connectivity index (χ1v) is 16.8. The Morgan fingerprint density at radius 2 is 1.42 bits per heavy atom. The number of pyridine rings is 1. The Labute approximate surface area is 322 Å². The van der Waals surface area contributed by atoms with Crippen molar-refractivity contribution in [3.63, 3.8) is 0 Å². The topological polar surface area (TPSA) is 43.9 Å². The van der Waals surface area contributed by atoms with Crippen LogP contribution in [-0.2, 0) is 20.1 Å². The van der Waals surface area contributed by atoms with Gasteiger partial charge < -0.3 is 14.0 Å². The number of imidazole rings is 1. The Morgan fingerprint density at radius 1 is 0.692 bits per heavy atom. The smallest absolute Gasteiger partial charge is 0.0774 e. The summed E-state index contributed by atoms with van der Waals surface area (Å²) in [4.78, 5) is 9.20. The molecule has 0 N–H and O–H groups in total. The molecular formula is C47H35IrN3O-2. The van der Waals surface area contributed by atoms with Crippen LogP contribution in [-0.4, -0.2) is 14.5 Å². The van der Waals surface area contributed by atoms with Crippen molar-refractivity contribution in [2.24, 2.45) is 0 Å². The molecule has 0 saturated heterocycles. The molecule has 3 heterocycles. The molecule has 5 heteroatoms. The zero-order chi connectivity index (χ0) is 37.2. The van der Waals surface area contributed by atoms with Crippen molar-refractivity contribution in [2.45, 2.75) is 20.7 Å². The van der Waals surface area contributed by atoms with E-state index in [1.54, 1.807) is 18.2 Å². The summed E-state index contributed by atoms with van der Waals surface area (Å²) in [5.74, 6) is 0.816. The normalized spacial score (nSPS) is 11.9. The molecule has 0 spiro atoms. The molecule has 0 atom stereocenters. The van der Waals surface area contributed by atoms with Crippen molar-refractivity contribution < 1.29 is 28.6 Å². The molecule has 0 aliphatic rings. The second-order valence-corrected chi connectivity index (χ2v) is 12.4. The SMILES string of the molecule is Cc1cccc(C)c1-c1ccc2o[c-]c(-c3nc4ccccc4n3-c3ccc(-c4ccccc4)cc3)c2c1.[2H]C([2H])([2H])c1ccc(-c2[c-]cccc2)nc1.[Ir]. The Hall–Kier alpha value is -5.87. The summed E-state index contributed by atoms with van der Waals surface area (Å²) < 4.78 is 29.8. The molecule has 4 nitrogen and oxygen atoms in total. The van der Waals surface area contributed by atoms with E-state index in [4.69, 9.17) is 13.5 Å². The van der Waals surface area contributed by atoms with Gasteiger partial charge in [-0.1, -0.05) is 114 Å². The number of para-hydroxylation sites is 2. The number of hydrogen-bond acceptors (Lipinski definition) is 3. The molecule has 0 fully saturated rings. The van der Waals surface area contributed by atoms with Crippen LogP contribution >= 0.6 is 0 Å². The first-order valence-electron chi connectivity index (χ1n) is 18.3. The van der Waals surface area contributed by atoms with Crippen LogP contribution < -0.4 is 0 Å². The maximum atomic E-state index is 7.23. The molecule has 0 amide bonds. The van der Waals surface area contributed by atoms with E-state index in [0.717, 1.165) is 50.3 Å². The van der Waals surface area contributed by atoms with Gasteiger partial charge in [-0.3, -0.25) is 4.98 Å². The molecule has 9 aromatic rings. The van der Waals surface area contributed by atoms with Crippen molar-refractivity contribution in [1.29, 1.82) is 0 Å². The Bertz CT molecular complexity index is 2680. The first kappa shape index (κ1) is 30.9. The van der Waals surface area contributed by atoms with Crippen molar-refractivity contribution in [3.8, 4) is 50.6 Å². The fourth-order valence-electron chi connectivity index (χ4n) is 6.56. The molecule has 0 saturated carbocycles. The molecule has 0 unspecified atom stereocenters. The second kappa shape index (κ2) is 15.2. The number of rotatable bonds is 5. The van der Waals surface area contributed by atoms with Gasteiger partial charge in [-0.2, -0.15) is 0 Å². The van der Waals surface area contributed by atoms with E-state index in [0.29, 0.717) is 0 Å². The summed E-state index contributed by atoms with van der Waals surface area (Å²) in [6.45, 7) is 2.23. The second-order valence-electron chi connectivity index (χ2n) is 12.4. The van der Waals surface area contributed by atoms with Crippen LogP contribution in [0.5, 0.6) is 0 Å². The molecular weight excluding hydrogens is 815 g/mol. The van der Waals surface area contributed by atoms with Crippen LogP contribution in [0.3, 0.4) is 0 Å². The van der Waals surface area contributed by atoms with Crippen molar-refractivity contribution in [2.75, 3.05) is 0 Å². The number of benzene rings is 6.